The topological polar surface area (TPSA) is 62.4 Å². The van der Waals surface area contributed by atoms with Crippen LogP contribution in [0.3, 0.4) is 0 Å². The number of aromatic nitrogens is 2. The Morgan fingerprint density at radius 2 is 2.18 bits per heavy atom. The molecule has 2 aliphatic carbocycles. The van der Waals surface area contributed by atoms with Crippen molar-refractivity contribution in [1.82, 2.24) is 15.0 Å². The van der Waals surface area contributed by atoms with E-state index in [0.717, 1.165) is 25.2 Å². The molecule has 0 bridgehead atoms. The van der Waals surface area contributed by atoms with Crippen LogP contribution in [0, 0.1) is 5.92 Å². The highest BCUT2D eigenvalue weighted by atomic mass is 16.5. The molecule has 1 aromatic heterocycles. The van der Waals surface area contributed by atoms with Crippen molar-refractivity contribution in [1.29, 1.82) is 0 Å². The van der Waals surface area contributed by atoms with E-state index in [1.54, 1.807) is 0 Å². The zero-order valence-corrected chi connectivity index (χ0v) is 10.2. The zero-order valence-electron chi connectivity index (χ0n) is 10.2. The number of aliphatic hydroxyl groups excluding tert-OH is 1. The van der Waals surface area contributed by atoms with Crippen molar-refractivity contribution in [2.45, 2.75) is 44.2 Å². The fourth-order valence-corrected chi connectivity index (χ4v) is 2.43. The van der Waals surface area contributed by atoms with E-state index in [-0.39, 0.29) is 6.10 Å². The SMILES string of the molecule is CN(Cc1nc(C2CC2)no1)CC1CC(O)C1. The van der Waals surface area contributed by atoms with Crippen molar-refractivity contribution in [3.63, 3.8) is 0 Å². The maximum absolute atomic E-state index is 9.23. The number of nitrogens with zero attached hydrogens (tertiary/aromatic N) is 3. The lowest BCUT2D eigenvalue weighted by Gasteiger charge is -2.34. The van der Waals surface area contributed by atoms with E-state index in [2.05, 4.69) is 22.1 Å². The number of hydrogen-bond donors (Lipinski definition) is 1. The van der Waals surface area contributed by atoms with Crippen LogP contribution in [-0.2, 0) is 6.54 Å². The molecule has 0 spiro atoms. The van der Waals surface area contributed by atoms with E-state index < -0.39 is 0 Å². The van der Waals surface area contributed by atoms with Crippen LogP contribution < -0.4 is 0 Å². The van der Waals surface area contributed by atoms with Gasteiger partial charge in [-0.2, -0.15) is 4.98 Å². The second kappa shape index (κ2) is 4.38. The predicted octanol–water partition coefficient (Wildman–Crippen LogP) is 1.15. The van der Waals surface area contributed by atoms with Crippen LogP contribution in [0.1, 0.15) is 43.3 Å². The Labute approximate surface area is 101 Å². The van der Waals surface area contributed by atoms with Crippen LogP contribution in [-0.4, -0.2) is 39.8 Å². The van der Waals surface area contributed by atoms with Crippen molar-refractivity contribution in [2.24, 2.45) is 5.92 Å². The largest absolute Gasteiger partial charge is 0.393 e. The van der Waals surface area contributed by atoms with E-state index >= 15 is 0 Å². The molecule has 0 unspecified atom stereocenters. The summed E-state index contributed by atoms with van der Waals surface area (Å²) in [6.45, 7) is 1.71. The highest BCUT2D eigenvalue weighted by molar-refractivity contribution is 5.03. The Kier molecular flexibility index (Phi) is 2.88. The molecule has 5 heteroatoms. The van der Waals surface area contributed by atoms with Gasteiger partial charge in [0.2, 0.25) is 5.89 Å². The van der Waals surface area contributed by atoms with Crippen LogP contribution in [0.5, 0.6) is 0 Å². The third-order valence-corrected chi connectivity index (χ3v) is 3.61. The Morgan fingerprint density at radius 1 is 1.41 bits per heavy atom. The molecule has 0 atom stereocenters. The van der Waals surface area contributed by atoms with Gasteiger partial charge in [-0.15, -0.1) is 0 Å². The van der Waals surface area contributed by atoms with Gasteiger partial charge in [0, 0.05) is 12.5 Å². The molecule has 0 saturated heterocycles. The molecule has 1 N–H and O–H groups in total. The van der Waals surface area contributed by atoms with E-state index in [0.29, 0.717) is 24.3 Å². The summed E-state index contributed by atoms with van der Waals surface area (Å²) in [4.78, 5) is 6.60. The van der Waals surface area contributed by atoms with Crippen LogP contribution in [0.15, 0.2) is 4.52 Å². The molecule has 0 amide bonds. The molecule has 94 valence electrons. The first-order valence-corrected chi connectivity index (χ1v) is 6.40. The number of hydrogen-bond acceptors (Lipinski definition) is 5. The van der Waals surface area contributed by atoms with Gasteiger partial charge in [-0.25, -0.2) is 0 Å². The van der Waals surface area contributed by atoms with Gasteiger partial charge < -0.3 is 9.63 Å². The lowest BCUT2D eigenvalue weighted by atomic mass is 9.82. The summed E-state index contributed by atoms with van der Waals surface area (Å²) in [6, 6.07) is 0. The Hall–Kier alpha value is -0.940. The fourth-order valence-electron chi connectivity index (χ4n) is 2.43. The highest BCUT2D eigenvalue weighted by Gasteiger charge is 2.30. The maximum Gasteiger partial charge on any atom is 0.240 e. The minimum absolute atomic E-state index is 0.0710. The lowest BCUT2D eigenvalue weighted by Crippen LogP contribution is -2.36. The summed E-state index contributed by atoms with van der Waals surface area (Å²) in [5.41, 5.74) is 0. The quantitative estimate of drug-likeness (QED) is 0.832. The first kappa shape index (κ1) is 11.2. The van der Waals surface area contributed by atoms with Crippen molar-refractivity contribution in [3.8, 4) is 0 Å². The standard InChI is InChI=1S/C12H19N3O2/c1-15(6-8-4-10(16)5-8)7-11-13-12(14-17-11)9-2-3-9/h8-10,16H,2-7H2,1H3. The van der Waals surface area contributed by atoms with Crippen LogP contribution >= 0.6 is 0 Å². The minimum Gasteiger partial charge on any atom is -0.393 e. The summed E-state index contributed by atoms with van der Waals surface area (Å²) in [5.74, 6) is 2.78. The Balaban J connectivity index is 1.47. The molecule has 5 nitrogen and oxygen atoms in total. The predicted molar refractivity (Wildman–Crippen MR) is 61.3 cm³/mol. The Bertz CT molecular complexity index is 383. The summed E-state index contributed by atoms with van der Waals surface area (Å²) in [7, 11) is 2.06. The molecule has 0 aliphatic heterocycles. The fraction of sp³-hybridized carbons (Fsp3) is 0.833. The normalized spacial score (nSPS) is 28.4. The molecule has 2 aliphatic rings. The molecular formula is C12H19N3O2. The molecule has 2 saturated carbocycles. The van der Waals surface area contributed by atoms with E-state index in [1.165, 1.54) is 12.8 Å². The van der Waals surface area contributed by atoms with E-state index in [1.807, 2.05) is 0 Å². The molecule has 17 heavy (non-hydrogen) atoms. The molecule has 3 rings (SSSR count). The molecular weight excluding hydrogens is 218 g/mol. The van der Waals surface area contributed by atoms with Gasteiger partial charge in [0.25, 0.3) is 0 Å². The first-order valence-electron chi connectivity index (χ1n) is 6.40. The number of aliphatic hydroxyl groups is 1. The van der Waals surface area contributed by atoms with Gasteiger partial charge >= 0.3 is 0 Å². The third kappa shape index (κ3) is 2.66. The Morgan fingerprint density at radius 3 is 2.82 bits per heavy atom. The van der Waals surface area contributed by atoms with Crippen molar-refractivity contribution >= 4 is 0 Å². The zero-order chi connectivity index (χ0) is 11.8. The monoisotopic (exact) mass is 237 g/mol. The van der Waals surface area contributed by atoms with Gasteiger partial charge in [-0.05, 0) is 38.6 Å². The molecule has 1 heterocycles. The summed E-state index contributed by atoms with van der Waals surface area (Å²) >= 11 is 0. The van der Waals surface area contributed by atoms with Crippen molar-refractivity contribution in [3.05, 3.63) is 11.7 Å². The highest BCUT2D eigenvalue weighted by Crippen LogP contribution is 2.38. The molecule has 1 aromatic rings. The second-order valence-corrected chi connectivity index (χ2v) is 5.51. The van der Waals surface area contributed by atoms with E-state index in [9.17, 15) is 5.11 Å². The smallest absolute Gasteiger partial charge is 0.240 e. The van der Waals surface area contributed by atoms with Crippen LogP contribution in [0.4, 0.5) is 0 Å². The van der Waals surface area contributed by atoms with Gasteiger partial charge in [-0.3, -0.25) is 4.90 Å². The lowest BCUT2D eigenvalue weighted by molar-refractivity contribution is 0.0261. The van der Waals surface area contributed by atoms with E-state index in [4.69, 9.17) is 4.52 Å². The van der Waals surface area contributed by atoms with Gasteiger partial charge in [0.15, 0.2) is 5.82 Å². The van der Waals surface area contributed by atoms with Gasteiger partial charge in [0.05, 0.1) is 12.6 Å². The average molecular weight is 237 g/mol. The molecule has 0 radical (unpaired) electrons. The average Bonchev–Trinajstić information content (AvgIpc) is 2.98. The number of rotatable bonds is 5. The maximum atomic E-state index is 9.23. The van der Waals surface area contributed by atoms with Crippen molar-refractivity contribution < 1.29 is 9.63 Å². The molecule has 2 fully saturated rings. The minimum atomic E-state index is -0.0710. The summed E-state index contributed by atoms with van der Waals surface area (Å²) < 4.78 is 5.24. The second-order valence-electron chi connectivity index (χ2n) is 5.51. The third-order valence-electron chi connectivity index (χ3n) is 3.61. The van der Waals surface area contributed by atoms with Gasteiger partial charge in [0.1, 0.15) is 0 Å². The van der Waals surface area contributed by atoms with Crippen LogP contribution in [0.2, 0.25) is 0 Å². The summed E-state index contributed by atoms with van der Waals surface area (Å²) in [6.07, 6.45) is 4.20. The summed E-state index contributed by atoms with van der Waals surface area (Å²) in [5, 5.41) is 13.2. The molecule has 0 aromatic carbocycles. The first-order chi connectivity index (χ1) is 8.20. The van der Waals surface area contributed by atoms with Gasteiger partial charge in [-0.1, -0.05) is 5.16 Å². The van der Waals surface area contributed by atoms with Crippen molar-refractivity contribution in [2.75, 3.05) is 13.6 Å². The van der Waals surface area contributed by atoms with Crippen LogP contribution in [0.25, 0.3) is 0 Å².